The van der Waals surface area contributed by atoms with Crippen molar-refractivity contribution in [1.29, 1.82) is 0 Å². The monoisotopic (exact) mass is 1250 g/mol. The lowest BCUT2D eigenvalue weighted by atomic mass is 9.92. The highest BCUT2D eigenvalue weighted by molar-refractivity contribution is 6.09. The van der Waals surface area contributed by atoms with Gasteiger partial charge in [-0.05, 0) is 189 Å². The van der Waals surface area contributed by atoms with Gasteiger partial charge in [0.2, 0.25) is 0 Å². The SMILES string of the molecule is COc1ccc(-c2cc(C)nc(-c3cc(-c4ccc(OC)cc4)cc(COCCOCCOc4ccc5ccccc5c4-c4c(OCCOCCOCc5cc(-c6ccc(OC)cc6)cc(-c6cc(-c7ccc(OC)cc7)cc(C)n6)n5)ccc5ccccc45)n3)c2)cc1. The molecule has 0 N–H and O–H groups in total. The second kappa shape index (κ2) is 30.8. The average Bonchev–Trinajstić information content (AvgIpc) is 2.66. The first-order valence-corrected chi connectivity index (χ1v) is 31.4. The molecule has 0 fully saturated rings. The topological polar surface area (TPSA) is 144 Å². The predicted molar refractivity (Wildman–Crippen MR) is 371 cm³/mol. The molecule has 12 aromatic rings. The van der Waals surface area contributed by atoms with Crippen LogP contribution >= 0.6 is 0 Å². The lowest BCUT2D eigenvalue weighted by Gasteiger charge is -2.20. The number of aromatic nitrogens is 4. The first kappa shape index (κ1) is 63.7. The van der Waals surface area contributed by atoms with E-state index in [0.717, 1.165) is 157 Å². The van der Waals surface area contributed by atoms with E-state index in [-0.39, 0.29) is 13.2 Å². The molecule has 4 aromatic heterocycles. The molecular weight excluding hydrogens is 1180 g/mol. The Labute approximate surface area is 548 Å². The summed E-state index contributed by atoms with van der Waals surface area (Å²) >= 11 is 0. The number of benzene rings is 8. The van der Waals surface area contributed by atoms with Gasteiger partial charge in [0.05, 0.1) is 115 Å². The molecule has 0 aliphatic heterocycles. The van der Waals surface area contributed by atoms with Crippen molar-refractivity contribution in [2.24, 2.45) is 0 Å². The summed E-state index contributed by atoms with van der Waals surface area (Å²) in [4.78, 5) is 20.0. The Balaban J connectivity index is 0.675. The van der Waals surface area contributed by atoms with Gasteiger partial charge in [-0.15, -0.1) is 0 Å². The standard InChI is InChI=1S/C80H74N4O10/c1-53-43-61(55-15-25-67(85-3)26-16-55)47-73(81-53)75-49-63(57-19-29-69(87-5)30-20-57)45-65(83-75)51-91-37-35-89-39-41-93-77-33-23-59-11-7-9-13-71(59)79(77)80-72-14-10-8-12-60(72)24-34-78(80)94-42-40-90-36-38-92-52-66-46-64(58-21-31-70(88-6)32-22-58)50-76(84-66)74-48-62(44-54(2)82-74)56-17-27-68(86-4)28-18-56/h7-34,43-50H,35-42,51-52H2,1-6H3. The molecule has 0 spiro atoms. The number of ether oxygens (including phenoxy) is 10. The summed E-state index contributed by atoms with van der Waals surface area (Å²) in [6.45, 7) is 7.25. The number of pyridine rings is 4. The molecule has 0 atom stereocenters. The van der Waals surface area contributed by atoms with Crippen molar-refractivity contribution in [3.63, 3.8) is 0 Å². The van der Waals surface area contributed by atoms with Crippen LogP contribution in [0.5, 0.6) is 34.5 Å². The Morgan fingerprint density at radius 1 is 0.277 bits per heavy atom. The second-order valence-electron chi connectivity index (χ2n) is 22.5. The van der Waals surface area contributed by atoms with Crippen molar-refractivity contribution in [2.75, 3.05) is 81.3 Å². The molecule has 14 heteroatoms. The van der Waals surface area contributed by atoms with Crippen LogP contribution in [0.2, 0.25) is 0 Å². The minimum atomic E-state index is 0.273. The molecule has 4 heterocycles. The first-order valence-electron chi connectivity index (χ1n) is 31.4. The van der Waals surface area contributed by atoms with Crippen LogP contribution in [0, 0.1) is 13.8 Å². The Bertz CT molecular complexity index is 4240. The summed E-state index contributed by atoms with van der Waals surface area (Å²) in [5.41, 5.74) is 16.4. The first-order chi connectivity index (χ1) is 46.2. The van der Waals surface area contributed by atoms with Crippen molar-refractivity contribution >= 4 is 21.5 Å². The van der Waals surface area contributed by atoms with Gasteiger partial charge >= 0.3 is 0 Å². The van der Waals surface area contributed by atoms with Gasteiger partial charge in [-0.3, -0.25) is 9.97 Å². The van der Waals surface area contributed by atoms with Gasteiger partial charge in [0, 0.05) is 22.5 Å². The van der Waals surface area contributed by atoms with E-state index in [2.05, 4.69) is 121 Å². The molecule has 0 radical (unpaired) electrons. The van der Waals surface area contributed by atoms with Gasteiger partial charge in [0.25, 0.3) is 0 Å². The van der Waals surface area contributed by atoms with E-state index in [1.807, 2.05) is 111 Å². The van der Waals surface area contributed by atoms with Crippen LogP contribution in [0.15, 0.2) is 218 Å². The average molecular weight is 1250 g/mol. The van der Waals surface area contributed by atoms with Crippen molar-refractivity contribution in [1.82, 2.24) is 19.9 Å². The summed E-state index contributed by atoms with van der Waals surface area (Å²) in [6, 6.07) is 73.6. The van der Waals surface area contributed by atoms with E-state index >= 15 is 0 Å². The van der Waals surface area contributed by atoms with Crippen LogP contribution in [0.4, 0.5) is 0 Å². The molecule has 0 saturated carbocycles. The minimum absolute atomic E-state index is 0.273. The van der Waals surface area contributed by atoms with Crippen LogP contribution in [-0.2, 0) is 32.2 Å². The third-order valence-corrected chi connectivity index (χ3v) is 16.1. The number of hydrogen-bond donors (Lipinski definition) is 0. The third kappa shape index (κ3) is 15.7. The zero-order valence-electron chi connectivity index (χ0n) is 53.7. The van der Waals surface area contributed by atoms with Crippen molar-refractivity contribution < 1.29 is 47.4 Å². The molecule has 0 aliphatic rings. The Hall–Kier alpha value is -10.5. The van der Waals surface area contributed by atoms with Gasteiger partial charge in [-0.25, -0.2) is 9.97 Å². The molecule has 0 bridgehead atoms. The number of fused-ring (bicyclic) bond motifs is 2. The van der Waals surface area contributed by atoms with Gasteiger partial charge < -0.3 is 47.4 Å². The van der Waals surface area contributed by atoms with E-state index in [4.69, 9.17) is 67.3 Å². The quantitative estimate of drug-likeness (QED) is 0.0410. The molecule has 0 aliphatic carbocycles. The lowest BCUT2D eigenvalue weighted by Crippen LogP contribution is -2.12. The molecular formula is C80H74N4O10. The largest absolute Gasteiger partial charge is 0.497 e. The van der Waals surface area contributed by atoms with E-state index < -0.39 is 0 Å². The minimum Gasteiger partial charge on any atom is -0.497 e. The van der Waals surface area contributed by atoms with E-state index in [1.54, 1.807) is 28.4 Å². The van der Waals surface area contributed by atoms with Gasteiger partial charge in [0.1, 0.15) is 47.7 Å². The summed E-state index contributed by atoms with van der Waals surface area (Å²) < 4.78 is 59.9. The molecule has 94 heavy (non-hydrogen) atoms. The van der Waals surface area contributed by atoms with E-state index in [1.165, 1.54) is 0 Å². The van der Waals surface area contributed by atoms with Crippen LogP contribution in [0.25, 0.3) is 100.0 Å². The molecule has 14 nitrogen and oxygen atoms in total. The van der Waals surface area contributed by atoms with Crippen LogP contribution < -0.4 is 28.4 Å². The summed E-state index contributed by atoms with van der Waals surface area (Å²) in [6.07, 6.45) is 0. The zero-order valence-corrected chi connectivity index (χ0v) is 53.7. The highest BCUT2D eigenvalue weighted by atomic mass is 16.6. The maximum atomic E-state index is 6.67. The fraction of sp³-hybridized carbons (Fsp3) is 0.200. The van der Waals surface area contributed by atoms with Gasteiger partial charge in [-0.1, -0.05) is 109 Å². The summed E-state index contributed by atoms with van der Waals surface area (Å²) in [7, 11) is 6.67. The fourth-order valence-electron chi connectivity index (χ4n) is 11.5. The fourth-order valence-corrected chi connectivity index (χ4v) is 11.5. The van der Waals surface area contributed by atoms with Gasteiger partial charge in [-0.2, -0.15) is 0 Å². The van der Waals surface area contributed by atoms with E-state index in [9.17, 15) is 0 Å². The second-order valence-corrected chi connectivity index (χ2v) is 22.5. The van der Waals surface area contributed by atoms with Crippen molar-refractivity contribution in [3.05, 3.63) is 241 Å². The Kier molecular flexibility index (Phi) is 20.8. The molecule has 0 unspecified atom stereocenters. The number of aryl methyl sites for hydroxylation is 2. The van der Waals surface area contributed by atoms with E-state index in [0.29, 0.717) is 52.9 Å². The molecule has 8 aromatic carbocycles. The number of hydrogen-bond acceptors (Lipinski definition) is 14. The molecule has 0 amide bonds. The van der Waals surface area contributed by atoms with Crippen LogP contribution in [0.3, 0.4) is 0 Å². The lowest BCUT2D eigenvalue weighted by molar-refractivity contribution is 0.0294. The summed E-state index contributed by atoms with van der Waals surface area (Å²) in [5.74, 6) is 4.60. The van der Waals surface area contributed by atoms with Gasteiger partial charge in [0.15, 0.2) is 0 Å². The van der Waals surface area contributed by atoms with Crippen LogP contribution in [-0.4, -0.2) is 101 Å². The Morgan fingerprint density at radius 2 is 0.585 bits per heavy atom. The van der Waals surface area contributed by atoms with Crippen LogP contribution in [0.1, 0.15) is 22.8 Å². The third-order valence-electron chi connectivity index (χ3n) is 16.1. The molecule has 0 saturated heterocycles. The molecule has 12 rings (SSSR count). The normalized spacial score (nSPS) is 11.3. The molecule has 474 valence electrons. The Morgan fingerprint density at radius 3 is 0.936 bits per heavy atom. The number of nitrogens with zero attached hydrogens (tertiary/aromatic N) is 4. The number of rotatable bonds is 29. The summed E-state index contributed by atoms with van der Waals surface area (Å²) in [5, 5.41) is 4.23. The van der Waals surface area contributed by atoms with Crippen molar-refractivity contribution in [2.45, 2.75) is 27.1 Å². The highest BCUT2D eigenvalue weighted by Gasteiger charge is 2.21. The maximum Gasteiger partial charge on any atom is 0.128 e. The smallest absolute Gasteiger partial charge is 0.128 e. The highest BCUT2D eigenvalue weighted by Crippen LogP contribution is 2.46. The zero-order chi connectivity index (χ0) is 64.6. The maximum absolute atomic E-state index is 6.67. The predicted octanol–water partition coefficient (Wildman–Crippen LogP) is 17.1. The van der Waals surface area contributed by atoms with Crippen molar-refractivity contribution in [3.8, 4) is 113 Å². The number of methoxy groups -OCH3 is 4.